The molecule has 0 bridgehead atoms. The first-order valence-corrected chi connectivity index (χ1v) is 8.52. The Morgan fingerprint density at radius 2 is 1.75 bits per heavy atom. The summed E-state index contributed by atoms with van der Waals surface area (Å²) in [4.78, 5) is 23.4. The molecule has 0 N–H and O–H groups in total. The fraction of sp³-hybridized carbons (Fsp3) is 0.143. The monoisotopic (exact) mass is 378 g/mol. The molecule has 0 saturated heterocycles. The second kappa shape index (κ2) is 8.77. The van der Waals surface area contributed by atoms with Gasteiger partial charge in [-0.05, 0) is 42.8 Å². The number of methoxy groups -OCH3 is 1. The van der Waals surface area contributed by atoms with Crippen molar-refractivity contribution in [1.29, 1.82) is 0 Å². The summed E-state index contributed by atoms with van der Waals surface area (Å²) in [7, 11) is 1.32. The van der Waals surface area contributed by atoms with Crippen LogP contribution in [-0.2, 0) is 14.3 Å². The maximum atomic E-state index is 12.0. The predicted molar refractivity (Wildman–Crippen MR) is 101 cm³/mol. The number of rotatable bonds is 6. The van der Waals surface area contributed by atoms with Gasteiger partial charge in [-0.2, -0.15) is 0 Å². The van der Waals surface area contributed by atoms with Gasteiger partial charge in [-0.15, -0.1) is 10.2 Å². The zero-order chi connectivity index (χ0) is 19.9. The zero-order valence-electron chi connectivity index (χ0n) is 15.4. The van der Waals surface area contributed by atoms with Gasteiger partial charge in [0, 0.05) is 11.6 Å². The molecule has 0 fully saturated rings. The van der Waals surface area contributed by atoms with E-state index in [9.17, 15) is 9.59 Å². The van der Waals surface area contributed by atoms with E-state index in [-0.39, 0.29) is 5.89 Å². The van der Waals surface area contributed by atoms with Crippen molar-refractivity contribution in [3.05, 3.63) is 77.7 Å². The van der Waals surface area contributed by atoms with E-state index in [1.807, 2.05) is 30.3 Å². The fourth-order valence-corrected chi connectivity index (χ4v) is 2.37. The predicted octanol–water partition coefficient (Wildman–Crippen LogP) is 3.84. The molecular weight excluding hydrogens is 360 g/mol. The zero-order valence-corrected chi connectivity index (χ0v) is 15.4. The number of aromatic nitrogens is 2. The molecule has 3 rings (SSSR count). The number of esters is 2. The third kappa shape index (κ3) is 4.70. The molecule has 0 aliphatic rings. The Morgan fingerprint density at radius 3 is 2.43 bits per heavy atom. The minimum absolute atomic E-state index is 0.211. The largest absolute Gasteiger partial charge is 0.465 e. The van der Waals surface area contributed by atoms with Gasteiger partial charge in [0.2, 0.25) is 5.89 Å². The van der Waals surface area contributed by atoms with Crippen LogP contribution in [0.5, 0.6) is 0 Å². The molecule has 7 nitrogen and oxygen atoms in total. The maximum Gasteiger partial charge on any atom is 0.337 e. The smallest absolute Gasteiger partial charge is 0.337 e. The molecule has 142 valence electrons. The van der Waals surface area contributed by atoms with E-state index in [4.69, 9.17) is 9.15 Å². The van der Waals surface area contributed by atoms with Crippen molar-refractivity contribution in [3.8, 4) is 11.5 Å². The highest BCUT2D eigenvalue weighted by atomic mass is 16.6. The number of benzene rings is 2. The van der Waals surface area contributed by atoms with Gasteiger partial charge < -0.3 is 13.9 Å². The second-order valence-electron chi connectivity index (χ2n) is 5.84. The van der Waals surface area contributed by atoms with Gasteiger partial charge in [-0.3, -0.25) is 0 Å². The SMILES string of the molecule is COC(=O)c1ccc(/C=C/C(=O)O[C@H](C)c2nnc(-c3ccccc3)o2)cc1. The van der Waals surface area contributed by atoms with Crippen LogP contribution in [0.1, 0.15) is 34.8 Å². The Balaban J connectivity index is 1.59. The summed E-state index contributed by atoms with van der Waals surface area (Å²) in [6.07, 6.45) is 2.18. The summed E-state index contributed by atoms with van der Waals surface area (Å²) in [5, 5.41) is 7.91. The van der Waals surface area contributed by atoms with E-state index in [1.54, 1.807) is 37.3 Å². The van der Waals surface area contributed by atoms with Crippen molar-refractivity contribution >= 4 is 18.0 Å². The fourth-order valence-electron chi connectivity index (χ4n) is 2.37. The lowest BCUT2D eigenvalue weighted by Gasteiger charge is -2.06. The van der Waals surface area contributed by atoms with E-state index >= 15 is 0 Å². The average Bonchev–Trinajstić information content (AvgIpc) is 3.23. The van der Waals surface area contributed by atoms with E-state index in [2.05, 4.69) is 14.9 Å². The normalized spacial score (nSPS) is 11.9. The van der Waals surface area contributed by atoms with Gasteiger partial charge in [0.15, 0.2) is 6.10 Å². The minimum Gasteiger partial charge on any atom is -0.465 e. The minimum atomic E-state index is -0.691. The van der Waals surface area contributed by atoms with Crippen LogP contribution >= 0.6 is 0 Å². The van der Waals surface area contributed by atoms with Crippen LogP contribution in [0.25, 0.3) is 17.5 Å². The molecule has 3 aromatic rings. The second-order valence-corrected chi connectivity index (χ2v) is 5.84. The molecule has 0 aliphatic carbocycles. The molecular formula is C21H18N2O5. The Morgan fingerprint density at radius 1 is 1.04 bits per heavy atom. The number of carbonyl (C=O) groups excluding carboxylic acids is 2. The van der Waals surface area contributed by atoms with E-state index < -0.39 is 18.0 Å². The summed E-state index contributed by atoms with van der Waals surface area (Å²) in [5.74, 6) is -0.398. The first-order valence-electron chi connectivity index (χ1n) is 8.52. The molecule has 0 saturated carbocycles. The summed E-state index contributed by atoms with van der Waals surface area (Å²) in [5.41, 5.74) is 1.96. The molecule has 1 atom stereocenters. The van der Waals surface area contributed by atoms with Crippen LogP contribution in [0.15, 0.2) is 65.1 Å². The highest BCUT2D eigenvalue weighted by molar-refractivity contribution is 5.90. The molecule has 7 heteroatoms. The standard InChI is InChI=1S/C21H18N2O5/c1-14(19-22-23-20(28-19)16-6-4-3-5-7-16)27-18(24)13-10-15-8-11-17(12-9-15)21(25)26-2/h3-14H,1-2H3/b13-10+/t14-/m1/s1. The van der Waals surface area contributed by atoms with Crippen molar-refractivity contribution in [2.45, 2.75) is 13.0 Å². The third-order valence-corrected chi connectivity index (χ3v) is 3.85. The van der Waals surface area contributed by atoms with Gasteiger partial charge >= 0.3 is 11.9 Å². The van der Waals surface area contributed by atoms with Crippen molar-refractivity contribution in [2.24, 2.45) is 0 Å². The summed E-state index contributed by atoms with van der Waals surface area (Å²) < 4.78 is 15.5. The van der Waals surface area contributed by atoms with Gasteiger partial charge in [-0.1, -0.05) is 30.3 Å². The van der Waals surface area contributed by atoms with Crippen molar-refractivity contribution in [3.63, 3.8) is 0 Å². The lowest BCUT2D eigenvalue weighted by molar-refractivity contribution is -0.143. The molecule has 1 heterocycles. The Labute approximate surface area is 161 Å². The lowest BCUT2D eigenvalue weighted by atomic mass is 10.1. The number of hydrogen-bond donors (Lipinski definition) is 0. The molecule has 0 radical (unpaired) electrons. The third-order valence-electron chi connectivity index (χ3n) is 3.85. The highest BCUT2D eigenvalue weighted by Gasteiger charge is 2.18. The molecule has 28 heavy (non-hydrogen) atoms. The first-order chi connectivity index (χ1) is 13.6. The van der Waals surface area contributed by atoms with E-state index in [1.165, 1.54) is 13.2 Å². The molecule has 1 aromatic heterocycles. The van der Waals surface area contributed by atoms with Gasteiger partial charge in [0.05, 0.1) is 12.7 Å². The van der Waals surface area contributed by atoms with Crippen LogP contribution in [0.4, 0.5) is 0 Å². The molecule has 0 aliphatic heterocycles. The number of hydrogen-bond acceptors (Lipinski definition) is 7. The van der Waals surface area contributed by atoms with Crippen LogP contribution < -0.4 is 0 Å². The summed E-state index contributed by atoms with van der Waals surface area (Å²) in [6.45, 7) is 1.65. The molecule has 0 unspecified atom stereocenters. The van der Waals surface area contributed by atoms with Crippen LogP contribution in [0.2, 0.25) is 0 Å². The number of carbonyl (C=O) groups is 2. The number of nitrogens with zero attached hydrogens (tertiary/aromatic N) is 2. The summed E-state index contributed by atoms with van der Waals surface area (Å²) >= 11 is 0. The van der Waals surface area contributed by atoms with Crippen molar-refractivity contribution in [2.75, 3.05) is 7.11 Å². The molecule has 0 spiro atoms. The highest BCUT2D eigenvalue weighted by Crippen LogP contribution is 2.22. The van der Waals surface area contributed by atoms with Crippen molar-refractivity contribution < 1.29 is 23.5 Å². The maximum absolute atomic E-state index is 12.0. The Kier molecular flexibility index (Phi) is 5.96. The number of ether oxygens (including phenoxy) is 2. The van der Waals surface area contributed by atoms with E-state index in [0.717, 1.165) is 11.1 Å². The Hall–Kier alpha value is -3.74. The Bertz CT molecular complexity index is 978. The average molecular weight is 378 g/mol. The van der Waals surface area contributed by atoms with Gasteiger partial charge in [0.25, 0.3) is 5.89 Å². The quantitative estimate of drug-likeness (QED) is 0.475. The van der Waals surface area contributed by atoms with Crippen molar-refractivity contribution in [1.82, 2.24) is 10.2 Å². The van der Waals surface area contributed by atoms with Gasteiger partial charge in [-0.25, -0.2) is 9.59 Å². The topological polar surface area (TPSA) is 91.5 Å². The molecule has 2 aromatic carbocycles. The van der Waals surface area contributed by atoms with Crippen LogP contribution in [-0.4, -0.2) is 29.2 Å². The summed E-state index contributed by atoms with van der Waals surface area (Å²) in [6, 6.07) is 15.9. The van der Waals surface area contributed by atoms with E-state index in [0.29, 0.717) is 11.5 Å². The van der Waals surface area contributed by atoms with Gasteiger partial charge in [0.1, 0.15) is 0 Å². The lowest BCUT2D eigenvalue weighted by Crippen LogP contribution is -2.06. The van der Waals surface area contributed by atoms with Crippen LogP contribution in [0, 0.1) is 0 Å². The van der Waals surface area contributed by atoms with Crippen LogP contribution in [0.3, 0.4) is 0 Å². The molecule has 0 amide bonds. The first kappa shape index (κ1) is 19.0.